The molecule has 0 aliphatic carbocycles. The fourth-order valence-corrected chi connectivity index (χ4v) is 1.56. The van der Waals surface area contributed by atoms with Crippen LogP contribution in [0.1, 0.15) is 10.4 Å². The van der Waals surface area contributed by atoms with E-state index in [2.05, 4.69) is 16.2 Å². The number of hydrogen-bond donors (Lipinski definition) is 1. The molecule has 9 heavy (non-hydrogen) atoms. The topological polar surface area (TPSA) is 24.9 Å². The molecule has 0 atom stereocenters. The van der Waals surface area contributed by atoms with Gasteiger partial charge >= 0.3 is 0 Å². The van der Waals surface area contributed by atoms with Gasteiger partial charge in [-0.3, -0.25) is 0 Å². The van der Waals surface area contributed by atoms with E-state index in [-0.39, 0.29) is 0 Å². The second-order valence-electron chi connectivity index (χ2n) is 1.98. The van der Waals surface area contributed by atoms with E-state index in [0.717, 1.165) is 13.0 Å². The Morgan fingerprint density at radius 2 is 2.78 bits per heavy atom. The molecular weight excluding hydrogens is 132 g/mol. The SMILES string of the molecule is [C]1NCCc2cnsc21. The molecule has 1 aliphatic heterocycles. The minimum Gasteiger partial charge on any atom is -0.302 e. The van der Waals surface area contributed by atoms with Crippen molar-refractivity contribution in [2.45, 2.75) is 6.42 Å². The van der Waals surface area contributed by atoms with Gasteiger partial charge in [-0.05, 0) is 23.5 Å². The number of nitrogens with zero attached hydrogens (tertiary/aromatic N) is 1. The van der Waals surface area contributed by atoms with Crippen molar-refractivity contribution in [2.75, 3.05) is 6.54 Å². The monoisotopic (exact) mass is 138 g/mol. The Bertz CT molecular complexity index is 186. The predicted molar refractivity (Wildman–Crippen MR) is 36.2 cm³/mol. The average Bonchev–Trinajstić information content (AvgIpc) is 2.33. The fourth-order valence-electron chi connectivity index (χ4n) is 0.881. The van der Waals surface area contributed by atoms with Gasteiger partial charge in [-0.15, -0.1) is 0 Å². The summed E-state index contributed by atoms with van der Waals surface area (Å²) >= 11 is 1.50. The molecule has 0 fully saturated rings. The van der Waals surface area contributed by atoms with Crippen molar-refractivity contribution in [2.24, 2.45) is 0 Å². The fraction of sp³-hybridized carbons (Fsp3) is 0.333. The molecule has 2 heterocycles. The highest BCUT2D eigenvalue weighted by Gasteiger charge is 2.10. The largest absolute Gasteiger partial charge is 0.302 e. The second kappa shape index (κ2) is 2.08. The van der Waals surface area contributed by atoms with E-state index in [9.17, 15) is 0 Å². The first-order valence-electron chi connectivity index (χ1n) is 2.89. The van der Waals surface area contributed by atoms with Crippen molar-refractivity contribution < 1.29 is 0 Å². The van der Waals surface area contributed by atoms with Gasteiger partial charge in [0.05, 0.1) is 4.88 Å². The molecule has 2 nitrogen and oxygen atoms in total. The number of nitrogens with one attached hydrogen (secondary N) is 1. The van der Waals surface area contributed by atoms with Crippen LogP contribution in [0.3, 0.4) is 0 Å². The van der Waals surface area contributed by atoms with Crippen LogP contribution in [0.15, 0.2) is 6.20 Å². The van der Waals surface area contributed by atoms with E-state index in [1.54, 1.807) is 0 Å². The van der Waals surface area contributed by atoms with Crippen LogP contribution in [-0.4, -0.2) is 10.9 Å². The highest BCUT2D eigenvalue weighted by molar-refractivity contribution is 7.06. The lowest BCUT2D eigenvalue weighted by atomic mass is 10.1. The molecule has 0 amide bonds. The van der Waals surface area contributed by atoms with Crippen LogP contribution >= 0.6 is 11.5 Å². The third-order valence-electron chi connectivity index (χ3n) is 1.37. The van der Waals surface area contributed by atoms with Crippen molar-refractivity contribution in [3.05, 3.63) is 23.2 Å². The molecule has 1 aromatic heterocycles. The van der Waals surface area contributed by atoms with Gasteiger partial charge in [-0.2, -0.15) is 0 Å². The van der Waals surface area contributed by atoms with Gasteiger partial charge in [-0.25, -0.2) is 4.37 Å². The maximum atomic E-state index is 4.04. The van der Waals surface area contributed by atoms with E-state index < -0.39 is 0 Å². The Balaban J connectivity index is 2.39. The molecule has 1 N–H and O–H groups in total. The van der Waals surface area contributed by atoms with Crippen LogP contribution in [0.4, 0.5) is 0 Å². The summed E-state index contributed by atoms with van der Waals surface area (Å²) in [6.07, 6.45) is 3.02. The maximum Gasteiger partial charge on any atom is 0.106 e. The van der Waals surface area contributed by atoms with E-state index >= 15 is 0 Å². The van der Waals surface area contributed by atoms with Crippen molar-refractivity contribution in [1.29, 1.82) is 0 Å². The smallest absolute Gasteiger partial charge is 0.106 e. The zero-order valence-electron chi connectivity index (χ0n) is 4.85. The third kappa shape index (κ3) is 0.862. The van der Waals surface area contributed by atoms with Crippen LogP contribution in [0.5, 0.6) is 0 Å². The van der Waals surface area contributed by atoms with E-state index in [0.29, 0.717) is 0 Å². The molecule has 2 radical (unpaired) electrons. The number of fused-ring (bicyclic) bond motifs is 1. The molecule has 1 aliphatic rings. The average molecular weight is 138 g/mol. The van der Waals surface area contributed by atoms with Gasteiger partial charge in [0, 0.05) is 12.7 Å². The summed E-state index contributed by atoms with van der Waals surface area (Å²) in [7, 11) is 0. The number of rotatable bonds is 0. The van der Waals surface area contributed by atoms with Crippen LogP contribution < -0.4 is 5.32 Å². The Morgan fingerprint density at radius 1 is 1.78 bits per heavy atom. The minimum absolute atomic E-state index is 1.01. The van der Waals surface area contributed by atoms with Gasteiger partial charge in [0.15, 0.2) is 0 Å². The molecule has 0 saturated carbocycles. The van der Waals surface area contributed by atoms with Crippen molar-refractivity contribution in [1.82, 2.24) is 9.69 Å². The van der Waals surface area contributed by atoms with Crippen molar-refractivity contribution in [3.8, 4) is 0 Å². The Labute approximate surface area is 58.1 Å². The molecule has 0 aromatic carbocycles. The van der Waals surface area contributed by atoms with Crippen LogP contribution in [-0.2, 0) is 6.42 Å². The lowest BCUT2D eigenvalue weighted by molar-refractivity contribution is 0.761. The van der Waals surface area contributed by atoms with Gasteiger partial charge in [0.2, 0.25) is 0 Å². The van der Waals surface area contributed by atoms with Gasteiger partial charge < -0.3 is 5.32 Å². The Hall–Kier alpha value is -0.410. The van der Waals surface area contributed by atoms with E-state index in [1.165, 1.54) is 22.0 Å². The molecular formula is C6H6N2S. The number of aromatic nitrogens is 1. The second-order valence-corrected chi connectivity index (χ2v) is 2.78. The van der Waals surface area contributed by atoms with Crippen LogP contribution in [0, 0.1) is 6.54 Å². The van der Waals surface area contributed by atoms with Gasteiger partial charge in [-0.1, -0.05) is 0 Å². The predicted octanol–water partition coefficient (Wildman–Crippen LogP) is 0.676. The minimum atomic E-state index is 1.01. The summed E-state index contributed by atoms with van der Waals surface area (Å²) in [5, 5.41) is 3.05. The maximum absolute atomic E-state index is 4.04. The van der Waals surface area contributed by atoms with Crippen molar-refractivity contribution >= 4 is 11.5 Å². The third-order valence-corrected chi connectivity index (χ3v) is 2.12. The molecule has 2 rings (SSSR count). The molecule has 0 saturated heterocycles. The quantitative estimate of drug-likeness (QED) is 0.570. The summed E-state index contributed by atoms with van der Waals surface area (Å²) in [4.78, 5) is 1.17. The lowest BCUT2D eigenvalue weighted by Gasteiger charge is -2.08. The molecule has 46 valence electrons. The molecule has 0 bridgehead atoms. The normalized spacial score (nSPS) is 17.3. The van der Waals surface area contributed by atoms with Crippen LogP contribution in [0.2, 0.25) is 0 Å². The summed E-state index contributed by atoms with van der Waals surface area (Å²) in [5.74, 6) is 0. The zero-order valence-corrected chi connectivity index (χ0v) is 5.66. The Morgan fingerprint density at radius 3 is 3.67 bits per heavy atom. The summed E-state index contributed by atoms with van der Waals surface area (Å²) in [6, 6.07) is 0. The van der Waals surface area contributed by atoms with Crippen molar-refractivity contribution in [3.63, 3.8) is 0 Å². The first kappa shape index (κ1) is 5.38. The summed E-state index contributed by atoms with van der Waals surface area (Å²) in [6.45, 7) is 4.05. The molecule has 0 unspecified atom stereocenters. The number of hydrogen-bond acceptors (Lipinski definition) is 3. The molecule has 3 heteroatoms. The Kier molecular flexibility index (Phi) is 1.24. The van der Waals surface area contributed by atoms with Gasteiger partial charge in [0.1, 0.15) is 6.54 Å². The standard InChI is InChI=1S/C6H6N2S/c1-2-7-4-6-5(1)3-8-9-6/h3,7H,1-2H2. The summed E-state index contributed by atoms with van der Waals surface area (Å²) in [5.41, 5.74) is 1.33. The first-order chi connectivity index (χ1) is 4.47. The summed E-state index contributed by atoms with van der Waals surface area (Å²) < 4.78 is 4.04. The van der Waals surface area contributed by atoms with Crippen LogP contribution in [0.25, 0.3) is 0 Å². The lowest BCUT2D eigenvalue weighted by Crippen LogP contribution is -2.19. The van der Waals surface area contributed by atoms with Gasteiger partial charge in [0.25, 0.3) is 0 Å². The molecule has 0 spiro atoms. The zero-order chi connectivity index (χ0) is 6.10. The van der Waals surface area contributed by atoms with E-state index in [4.69, 9.17) is 0 Å². The van der Waals surface area contributed by atoms with E-state index in [1.807, 2.05) is 6.20 Å². The highest BCUT2D eigenvalue weighted by atomic mass is 32.1. The first-order valence-corrected chi connectivity index (χ1v) is 3.66. The molecule has 1 aromatic rings. The highest BCUT2D eigenvalue weighted by Crippen LogP contribution is 2.17.